The van der Waals surface area contributed by atoms with E-state index >= 15 is 0 Å². The van der Waals surface area contributed by atoms with Crippen LogP contribution in [0.4, 0.5) is 0 Å². The Labute approximate surface area is 184 Å². The Kier molecular flexibility index (Phi) is 9.52. The topological polar surface area (TPSA) is 76.4 Å². The normalized spacial score (nSPS) is 13.9. The molecule has 0 fully saturated rings. The molecule has 0 bridgehead atoms. The summed E-state index contributed by atoms with van der Waals surface area (Å²) in [4.78, 5) is 4.31. The van der Waals surface area contributed by atoms with E-state index in [1.807, 2.05) is 25.1 Å². The molecule has 7 nitrogen and oxygen atoms in total. The lowest BCUT2D eigenvalue weighted by atomic mass is 10.2. The van der Waals surface area contributed by atoms with E-state index in [4.69, 9.17) is 4.74 Å². The maximum absolute atomic E-state index is 5.68. The van der Waals surface area contributed by atoms with Gasteiger partial charge in [-0.2, -0.15) is 0 Å². The fourth-order valence-electron chi connectivity index (χ4n) is 3.37. The Bertz CT molecular complexity index is 761. The molecule has 2 aromatic rings. The molecule has 3 rings (SSSR count). The first kappa shape index (κ1) is 22.4. The van der Waals surface area contributed by atoms with Gasteiger partial charge in [-0.1, -0.05) is 24.6 Å². The van der Waals surface area contributed by atoms with Gasteiger partial charge >= 0.3 is 0 Å². The Morgan fingerprint density at radius 3 is 2.86 bits per heavy atom. The molecule has 0 unspecified atom stereocenters. The molecule has 1 aromatic heterocycles. The van der Waals surface area contributed by atoms with E-state index in [1.54, 1.807) is 7.05 Å². The van der Waals surface area contributed by atoms with Crippen LogP contribution >= 0.6 is 24.0 Å². The van der Waals surface area contributed by atoms with E-state index in [0.29, 0.717) is 13.2 Å². The number of hydrogen-bond donors (Lipinski definition) is 2. The van der Waals surface area contributed by atoms with Crippen molar-refractivity contribution >= 4 is 29.9 Å². The Balaban J connectivity index is 0.00000280. The summed E-state index contributed by atoms with van der Waals surface area (Å²) in [6, 6.07) is 8.07. The molecule has 8 heteroatoms. The van der Waals surface area contributed by atoms with Gasteiger partial charge in [0.15, 0.2) is 5.96 Å². The first-order valence-corrected chi connectivity index (χ1v) is 9.88. The number of nitrogens with zero attached hydrogens (tertiary/aromatic N) is 4. The van der Waals surface area contributed by atoms with Crippen molar-refractivity contribution in [2.24, 2.45) is 4.99 Å². The monoisotopic (exact) mass is 498 g/mol. The van der Waals surface area contributed by atoms with Crippen LogP contribution in [0.25, 0.3) is 0 Å². The summed E-state index contributed by atoms with van der Waals surface area (Å²) in [7, 11) is 1.78. The third kappa shape index (κ3) is 6.08. The molecule has 2 N–H and O–H groups in total. The van der Waals surface area contributed by atoms with Crippen LogP contribution in [0, 0.1) is 0 Å². The number of guanidine groups is 1. The number of nitrogens with one attached hydrogen (secondary N) is 2. The van der Waals surface area contributed by atoms with Crippen LogP contribution in [-0.2, 0) is 25.9 Å². The molecule has 0 radical (unpaired) electrons. The van der Waals surface area contributed by atoms with Gasteiger partial charge in [0, 0.05) is 45.1 Å². The number of ether oxygens (including phenoxy) is 1. The second-order valence-corrected chi connectivity index (χ2v) is 6.64. The van der Waals surface area contributed by atoms with Crippen LogP contribution in [0.15, 0.2) is 29.3 Å². The van der Waals surface area contributed by atoms with E-state index in [2.05, 4.69) is 36.5 Å². The van der Waals surface area contributed by atoms with Crippen molar-refractivity contribution < 1.29 is 4.74 Å². The molecule has 0 amide bonds. The van der Waals surface area contributed by atoms with Gasteiger partial charge in [0.05, 0.1) is 6.61 Å². The molecule has 0 saturated heterocycles. The van der Waals surface area contributed by atoms with Gasteiger partial charge in [-0.05, 0) is 25.8 Å². The molecule has 0 spiro atoms. The van der Waals surface area contributed by atoms with Gasteiger partial charge in [-0.3, -0.25) is 4.99 Å². The fourth-order valence-corrected chi connectivity index (χ4v) is 3.37. The zero-order chi connectivity index (χ0) is 18.9. The number of aromatic nitrogens is 3. The highest BCUT2D eigenvalue weighted by Gasteiger charge is 2.14. The molecule has 1 aromatic carbocycles. The molecule has 0 aliphatic carbocycles. The first-order valence-electron chi connectivity index (χ1n) is 9.88. The number of hydrogen-bond acceptors (Lipinski definition) is 4. The number of halogens is 1. The van der Waals surface area contributed by atoms with Crippen LogP contribution in [-0.4, -0.2) is 40.9 Å². The van der Waals surface area contributed by atoms with Crippen molar-refractivity contribution in [2.75, 3.05) is 20.2 Å². The minimum Gasteiger partial charge on any atom is -0.494 e. The van der Waals surface area contributed by atoms with Crippen LogP contribution in [0.2, 0.25) is 0 Å². The largest absolute Gasteiger partial charge is 0.494 e. The Hall–Kier alpha value is -1.84. The molecule has 2 heterocycles. The van der Waals surface area contributed by atoms with Gasteiger partial charge in [-0.25, -0.2) is 0 Å². The number of benzene rings is 1. The van der Waals surface area contributed by atoms with Crippen molar-refractivity contribution in [3.05, 3.63) is 41.5 Å². The minimum absolute atomic E-state index is 0. The van der Waals surface area contributed by atoms with Crippen molar-refractivity contribution in [1.82, 2.24) is 25.4 Å². The summed E-state index contributed by atoms with van der Waals surface area (Å²) in [5.41, 5.74) is 1.12. The molecular weight excluding hydrogens is 467 g/mol. The van der Waals surface area contributed by atoms with Crippen LogP contribution in [0.5, 0.6) is 5.75 Å². The van der Waals surface area contributed by atoms with Gasteiger partial charge in [0.2, 0.25) is 0 Å². The highest BCUT2D eigenvalue weighted by Crippen LogP contribution is 2.17. The van der Waals surface area contributed by atoms with E-state index < -0.39 is 0 Å². The minimum atomic E-state index is 0. The van der Waals surface area contributed by atoms with Crippen LogP contribution in [0.3, 0.4) is 0 Å². The van der Waals surface area contributed by atoms with Gasteiger partial charge in [0.25, 0.3) is 0 Å². The molecule has 0 atom stereocenters. The molecule has 1 aliphatic heterocycles. The lowest BCUT2D eigenvalue weighted by molar-refractivity contribution is 0.336. The average molecular weight is 498 g/mol. The summed E-state index contributed by atoms with van der Waals surface area (Å²) in [5.74, 6) is 3.89. The zero-order valence-corrected chi connectivity index (χ0v) is 19.1. The van der Waals surface area contributed by atoms with Crippen molar-refractivity contribution in [2.45, 2.75) is 52.1 Å². The molecule has 1 aliphatic rings. The predicted molar refractivity (Wildman–Crippen MR) is 123 cm³/mol. The summed E-state index contributed by atoms with van der Waals surface area (Å²) in [6.45, 7) is 5.13. The molecule has 154 valence electrons. The number of fused-ring (bicyclic) bond motifs is 1. The summed E-state index contributed by atoms with van der Waals surface area (Å²) in [5, 5.41) is 15.5. The average Bonchev–Trinajstić information content (AvgIpc) is 2.92. The van der Waals surface area contributed by atoms with Crippen LogP contribution < -0.4 is 15.4 Å². The van der Waals surface area contributed by atoms with Crippen molar-refractivity contribution in [1.29, 1.82) is 0 Å². The fraction of sp³-hybridized carbons (Fsp3) is 0.550. The predicted octanol–water partition coefficient (Wildman–Crippen LogP) is 2.93. The Morgan fingerprint density at radius 2 is 2.04 bits per heavy atom. The third-order valence-corrected chi connectivity index (χ3v) is 4.77. The van der Waals surface area contributed by atoms with Gasteiger partial charge in [0.1, 0.15) is 17.4 Å². The highest BCUT2D eigenvalue weighted by atomic mass is 127. The smallest absolute Gasteiger partial charge is 0.191 e. The van der Waals surface area contributed by atoms with E-state index in [-0.39, 0.29) is 24.0 Å². The number of aliphatic imine (C=N–C) groups is 1. The van der Waals surface area contributed by atoms with E-state index in [9.17, 15) is 0 Å². The molecule has 0 saturated carbocycles. The van der Waals surface area contributed by atoms with Gasteiger partial charge in [-0.15, -0.1) is 34.2 Å². The third-order valence-electron chi connectivity index (χ3n) is 4.77. The number of para-hydroxylation sites is 1. The maximum atomic E-state index is 5.68. The van der Waals surface area contributed by atoms with Crippen LogP contribution in [0.1, 0.15) is 43.4 Å². The summed E-state index contributed by atoms with van der Waals surface area (Å²) in [6.07, 6.45) is 5.59. The van der Waals surface area contributed by atoms with E-state index in [0.717, 1.165) is 54.9 Å². The molecule has 28 heavy (non-hydrogen) atoms. The first-order chi connectivity index (χ1) is 13.3. The van der Waals surface area contributed by atoms with Gasteiger partial charge < -0.3 is 19.9 Å². The van der Waals surface area contributed by atoms with E-state index in [1.165, 1.54) is 19.3 Å². The SMILES string of the molecule is CCOc1ccccc1CNC(=NC)NCCc1nnc2n1CCCCC2.I. The lowest BCUT2D eigenvalue weighted by Crippen LogP contribution is -2.38. The summed E-state index contributed by atoms with van der Waals surface area (Å²) >= 11 is 0. The second kappa shape index (κ2) is 11.9. The Morgan fingerprint density at radius 1 is 1.18 bits per heavy atom. The number of rotatable bonds is 7. The quantitative estimate of drug-likeness (QED) is 0.349. The second-order valence-electron chi connectivity index (χ2n) is 6.64. The highest BCUT2D eigenvalue weighted by molar-refractivity contribution is 14.0. The standard InChI is InChI=1S/C20H30N6O.HI/c1-3-27-17-10-7-6-9-16(17)15-23-20(21-2)22-13-12-19-25-24-18-11-5-4-8-14-26(18)19;/h6-7,9-10H,3-5,8,11-15H2,1-2H3,(H2,21,22,23);1H. The van der Waals surface area contributed by atoms with Crippen molar-refractivity contribution in [3.63, 3.8) is 0 Å². The maximum Gasteiger partial charge on any atom is 0.191 e. The lowest BCUT2D eigenvalue weighted by Gasteiger charge is -2.14. The van der Waals surface area contributed by atoms with Crippen molar-refractivity contribution in [3.8, 4) is 5.75 Å². The zero-order valence-electron chi connectivity index (χ0n) is 16.8. The molecular formula is C20H31IN6O. The number of aryl methyl sites for hydroxylation is 1. The summed E-state index contributed by atoms with van der Waals surface area (Å²) < 4.78 is 7.97.